The number of sulfonamides is 1. The third kappa shape index (κ3) is 6.52. The fourth-order valence-electron chi connectivity index (χ4n) is 4.73. The van der Waals surface area contributed by atoms with Crippen LogP contribution in [0.1, 0.15) is 42.4 Å². The second kappa shape index (κ2) is 11.4. The summed E-state index contributed by atoms with van der Waals surface area (Å²) in [6, 6.07) is 13.1. The molecule has 2 fully saturated rings. The number of hydrogen-bond acceptors (Lipinski definition) is 4. The fourth-order valence-corrected chi connectivity index (χ4v) is 6.65. The summed E-state index contributed by atoms with van der Waals surface area (Å²) in [5, 5.41) is 3.78. The normalized spacial score (nSPS) is 19.9. The number of carbonyl (C=O) groups excluding carboxylic acids is 1. The first-order valence-corrected chi connectivity index (χ1v) is 14.2. The van der Waals surface area contributed by atoms with Crippen LogP contribution in [0.4, 0.5) is 0 Å². The molecule has 2 saturated heterocycles. The number of halogens is 2. The number of likely N-dealkylation sites (tertiary alicyclic amines) is 1. The van der Waals surface area contributed by atoms with Gasteiger partial charge < -0.3 is 5.32 Å². The minimum Gasteiger partial charge on any atom is -0.352 e. The van der Waals surface area contributed by atoms with Gasteiger partial charge in [0.05, 0.1) is 21.7 Å². The maximum Gasteiger partial charge on any atom is 0.224 e. The summed E-state index contributed by atoms with van der Waals surface area (Å²) in [5.41, 5.74) is 2.93. The molecule has 0 aromatic heterocycles. The van der Waals surface area contributed by atoms with E-state index in [2.05, 4.69) is 22.3 Å². The predicted molar refractivity (Wildman–Crippen MR) is 136 cm³/mol. The van der Waals surface area contributed by atoms with Crippen LogP contribution < -0.4 is 5.32 Å². The van der Waals surface area contributed by atoms with E-state index < -0.39 is 10.0 Å². The Labute approximate surface area is 212 Å². The van der Waals surface area contributed by atoms with Crippen molar-refractivity contribution in [3.05, 3.63) is 69.2 Å². The van der Waals surface area contributed by atoms with Gasteiger partial charge in [0.15, 0.2) is 0 Å². The molecule has 184 valence electrons. The first-order chi connectivity index (χ1) is 16.3. The molecule has 0 radical (unpaired) electrons. The van der Waals surface area contributed by atoms with Crippen molar-refractivity contribution in [1.29, 1.82) is 0 Å². The number of amides is 1. The molecule has 0 aliphatic carbocycles. The topological polar surface area (TPSA) is 69.7 Å². The van der Waals surface area contributed by atoms with Crippen LogP contribution in [0.25, 0.3) is 0 Å². The Morgan fingerprint density at radius 3 is 2.44 bits per heavy atom. The zero-order chi connectivity index (χ0) is 24.1. The first kappa shape index (κ1) is 25.5. The predicted octanol–water partition coefficient (Wildman–Crippen LogP) is 4.45. The number of carbonyl (C=O) groups is 1. The first-order valence-electron chi connectivity index (χ1n) is 11.8. The Balaban J connectivity index is 1.35. The lowest BCUT2D eigenvalue weighted by Gasteiger charge is -2.31. The summed E-state index contributed by atoms with van der Waals surface area (Å²) >= 11 is 12.0. The molecule has 2 aliphatic rings. The molecule has 0 unspecified atom stereocenters. The largest absolute Gasteiger partial charge is 0.352 e. The molecule has 2 heterocycles. The molecule has 0 bridgehead atoms. The van der Waals surface area contributed by atoms with Gasteiger partial charge in [-0.2, -0.15) is 0 Å². The van der Waals surface area contributed by atoms with Crippen LogP contribution in [0.3, 0.4) is 0 Å². The van der Waals surface area contributed by atoms with Crippen LogP contribution >= 0.6 is 23.2 Å². The van der Waals surface area contributed by atoms with Crippen LogP contribution in [0.2, 0.25) is 10.0 Å². The van der Waals surface area contributed by atoms with E-state index in [4.69, 9.17) is 23.2 Å². The maximum absolute atomic E-state index is 13.0. The third-order valence-corrected chi connectivity index (χ3v) is 9.20. The van der Waals surface area contributed by atoms with Gasteiger partial charge in [-0.15, -0.1) is 0 Å². The van der Waals surface area contributed by atoms with Gasteiger partial charge >= 0.3 is 0 Å². The number of hydrogen-bond donors (Lipinski definition) is 1. The molecule has 4 rings (SSSR count). The van der Waals surface area contributed by atoms with E-state index in [1.807, 2.05) is 12.1 Å². The summed E-state index contributed by atoms with van der Waals surface area (Å²) in [6.07, 6.45) is 3.82. The average Bonchev–Trinajstić information content (AvgIpc) is 3.34. The number of nitrogens with zero attached hydrogens (tertiary/aromatic N) is 2. The summed E-state index contributed by atoms with van der Waals surface area (Å²) in [4.78, 5) is 15.4. The Morgan fingerprint density at radius 1 is 0.971 bits per heavy atom. The van der Waals surface area contributed by atoms with E-state index in [-0.39, 0.29) is 24.1 Å². The maximum atomic E-state index is 13.0. The molecule has 9 heteroatoms. The lowest BCUT2D eigenvalue weighted by molar-refractivity contribution is -0.126. The van der Waals surface area contributed by atoms with Gasteiger partial charge in [0.2, 0.25) is 15.9 Å². The average molecular weight is 525 g/mol. The number of nitrogens with one attached hydrogen (secondary N) is 1. The minimum absolute atomic E-state index is 0.0922. The van der Waals surface area contributed by atoms with E-state index in [0.717, 1.165) is 25.2 Å². The summed E-state index contributed by atoms with van der Waals surface area (Å²) in [5.74, 6) is -0.615. The van der Waals surface area contributed by atoms with Gasteiger partial charge in [-0.05, 0) is 67.6 Å². The van der Waals surface area contributed by atoms with Gasteiger partial charge in [0, 0.05) is 26.2 Å². The number of benzene rings is 2. The van der Waals surface area contributed by atoms with Crippen LogP contribution in [-0.2, 0) is 33.7 Å². The molecule has 1 amide bonds. The highest BCUT2D eigenvalue weighted by Gasteiger charge is 2.32. The van der Waals surface area contributed by atoms with Crippen molar-refractivity contribution in [2.24, 2.45) is 5.92 Å². The highest BCUT2D eigenvalue weighted by molar-refractivity contribution is 7.88. The van der Waals surface area contributed by atoms with Gasteiger partial charge in [-0.25, -0.2) is 12.7 Å². The molecule has 2 aromatic rings. The minimum atomic E-state index is -3.57. The molecule has 2 aliphatic heterocycles. The Kier molecular flexibility index (Phi) is 8.53. The van der Waals surface area contributed by atoms with Crippen molar-refractivity contribution in [3.63, 3.8) is 0 Å². The highest BCUT2D eigenvalue weighted by atomic mass is 35.5. The van der Waals surface area contributed by atoms with Crippen molar-refractivity contribution in [2.45, 2.75) is 44.5 Å². The van der Waals surface area contributed by atoms with E-state index in [1.54, 1.807) is 18.2 Å². The Hall–Kier alpha value is -1.64. The quantitative estimate of drug-likeness (QED) is 0.554. The smallest absolute Gasteiger partial charge is 0.224 e. The molecular weight excluding hydrogens is 493 g/mol. The molecule has 6 nitrogen and oxygen atoms in total. The fraction of sp³-hybridized carbons (Fsp3) is 0.480. The molecule has 0 spiro atoms. The van der Waals surface area contributed by atoms with Gasteiger partial charge in [0.25, 0.3) is 0 Å². The standard InChI is InChI=1S/C25H31Cl2N3O3S/c26-23-10-9-19(14-24(23)27)18-34(32,33)30-13-5-8-22(17-30)25(31)28-15-20-6-1-2-7-21(20)16-29-11-3-4-12-29/h1-2,6-7,9-10,14,22H,3-5,8,11-13,15-18H2,(H,28,31)/t22-/m1/s1. The molecular formula is C25H31Cl2N3O3S. The van der Waals surface area contributed by atoms with Gasteiger partial charge in [-0.1, -0.05) is 53.5 Å². The van der Waals surface area contributed by atoms with Crippen LogP contribution in [0.15, 0.2) is 42.5 Å². The van der Waals surface area contributed by atoms with Crippen molar-refractivity contribution in [1.82, 2.24) is 14.5 Å². The Morgan fingerprint density at radius 2 is 1.71 bits per heavy atom. The second-order valence-corrected chi connectivity index (χ2v) is 12.0. The van der Waals surface area contributed by atoms with E-state index >= 15 is 0 Å². The van der Waals surface area contributed by atoms with Crippen molar-refractivity contribution in [2.75, 3.05) is 26.2 Å². The van der Waals surface area contributed by atoms with Gasteiger partial charge in [0.1, 0.15) is 0 Å². The summed E-state index contributed by atoms with van der Waals surface area (Å²) < 4.78 is 27.5. The number of rotatable bonds is 8. The van der Waals surface area contributed by atoms with Crippen LogP contribution in [0, 0.1) is 5.92 Å². The zero-order valence-electron chi connectivity index (χ0n) is 19.2. The Bertz CT molecular complexity index is 1120. The van der Waals surface area contributed by atoms with Crippen LogP contribution in [0.5, 0.6) is 0 Å². The molecule has 1 N–H and O–H groups in total. The van der Waals surface area contributed by atoms with Crippen molar-refractivity contribution >= 4 is 39.1 Å². The van der Waals surface area contributed by atoms with E-state index in [0.29, 0.717) is 41.5 Å². The molecule has 1 atom stereocenters. The van der Waals surface area contributed by atoms with Crippen molar-refractivity contribution < 1.29 is 13.2 Å². The van der Waals surface area contributed by atoms with E-state index in [1.165, 1.54) is 22.7 Å². The molecule has 0 saturated carbocycles. The second-order valence-electron chi connectivity index (χ2n) is 9.17. The molecule has 34 heavy (non-hydrogen) atoms. The third-order valence-electron chi connectivity index (χ3n) is 6.65. The van der Waals surface area contributed by atoms with Crippen molar-refractivity contribution in [3.8, 4) is 0 Å². The number of piperidine rings is 1. The van der Waals surface area contributed by atoms with Gasteiger partial charge in [-0.3, -0.25) is 9.69 Å². The molecule has 2 aromatic carbocycles. The van der Waals surface area contributed by atoms with Crippen LogP contribution in [-0.4, -0.2) is 49.7 Å². The van der Waals surface area contributed by atoms with E-state index in [9.17, 15) is 13.2 Å². The monoisotopic (exact) mass is 523 g/mol. The lowest BCUT2D eigenvalue weighted by atomic mass is 9.98. The highest BCUT2D eigenvalue weighted by Crippen LogP contribution is 2.26. The summed E-state index contributed by atoms with van der Waals surface area (Å²) in [6.45, 7) is 4.22. The zero-order valence-corrected chi connectivity index (χ0v) is 21.5. The SMILES string of the molecule is O=C(NCc1ccccc1CN1CCCC1)[C@@H]1CCCN(S(=O)(=O)Cc2ccc(Cl)c(Cl)c2)C1. The lowest BCUT2D eigenvalue weighted by Crippen LogP contribution is -2.45. The summed E-state index contributed by atoms with van der Waals surface area (Å²) in [7, 11) is -3.57.